The molecule has 0 aliphatic heterocycles. The first-order valence-electron chi connectivity index (χ1n) is 6.98. The summed E-state index contributed by atoms with van der Waals surface area (Å²) in [4.78, 5) is 0. The maximum absolute atomic E-state index is 6.33. The van der Waals surface area contributed by atoms with Crippen molar-refractivity contribution >= 4 is 23.1 Å². The predicted molar refractivity (Wildman–Crippen MR) is 83.4 cm³/mol. The van der Waals surface area contributed by atoms with E-state index in [1.54, 1.807) is 0 Å². The molecule has 1 heterocycles. The van der Waals surface area contributed by atoms with Gasteiger partial charge in [0.25, 0.3) is 0 Å². The standard InChI is InChI=1S/C15H25NS2/c1-4-15(2,3)11-7-8-12(16)13(10-11)18-14-6-5-9-17-14/h5-6,9,11-13H,4,7-8,10,16H2,1-3H3. The second-order valence-electron chi connectivity index (χ2n) is 6.10. The molecule has 0 aromatic carbocycles. The zero-order valence-electron chi connectivity index (χ0n) is 11.7. The highest BCUT2D eigenvalue weighted by atomic mass is 32.2. The lowest BCUT2D eigenvalue weighted by molar-refractivity contribution is 0.148. The number of nitrogens with two attached hydrogens (primary N) is 1. The van der Waals surface area contributed by atoms with Gasteiger partial charge in [-0.1, -0.05) is 33.3 Å². The van der Waals surface area contributed by atoms with Gasteiger partial charge < -0.3 is 5.73 Å². The summed E-state index contributed by atoms with van der Waals surface area (Å²) in [7, 11) is 0. The molecule has 0 bridgehead atoms. The summed E-state index contributed by atoms with van der Waals surface area (Å²) in [5.41, 5.74) is 6.79. The average molecular weight is 284 g/mol. The van der Waals surface area contributed by atoms with E-state index in [1.165, 1.54) is 29.9 Å². The summed E-state index contributed by atoms with van der Waals surface area (Å²) < 4.78 is 1.42. The molecule has 1 aliphatic rings. The fourth-order valence-electron chi connectivity index (χ4n) is 2.77. The molecule has 1 saturated carbocycles. The molecule has 0 amide bonds. The van der Waals surface area contributed by atoms with Crippen LogP contribution in [-0.2, 0) is 0 Å². The van der Waals surface area contributed by atoms with E-state index in [2.05, 4.69) is 38.3 Å². The van der Waals surface area contributed by atoms with Crippen LogP contribution < -0.4 is 5.73 Å². The molecule has 1 fully saturated rings. The van der Waals surface area contributed by atoms with Crippen molar-refractivity contribution in [3.63, 3.8) is 0 Å². The van der Waals surface area contributed by atoms with E-state index in [4.69, 9.17) is 5.73 Å². The molecule has 1 aromatic rings. The molecule has 1 aromatic heterocycles. The second kappa shape index (κ2) is 5.98. The molecule has 2 N–H and O–H groups in total. The van der Waals surface area contributed by atoms with Gasteiger partial charge in [-0.05, 0) is 42.0 Å². The Morgan fingerprint density at radius 3 is 2.83 bits per heavy atom. The number of thiophene rings is 1. The van der Waals surface area contributed by atoms with Crippen molar-refractivity contribution in [2.45, 2.75) is 62.0 Å². The largest absolute Gasteiger partial charge is 0.327 e. The maximum Gasteiger partial charge on any atom is 0.0601 e. The van der Waals surface area contributed by atoms with Gasteiger partial charge in [-0.15, -0.1) is 23.1 Å². The van der Waals surface area contributed by atoms with Gasteiger partial charge in [0.05, 0.1) is 4.21 Å². The molecule has 1 nitrogen and oxygen atoms in total. The number of hydrogen-bond donors (Lipinski definition) is 1. The molecule has 1 aliphatic carbocycles. The Kier molecular flexibility index (Phi) is 4.79. The SMILES string of the molecule is CCC(C)(C)C1CCC(N)C(Sc2cccs2)C1. The van der Waals surface area contributed by atoms with Gasteiger partial charge in [-0.3, -0.25) is 0 Å². The topological polar surface area (TPSA) is 26.0 Å². The Balaban J connectivity index is 2.01. The summed E-state index contributed by atoms with van der Waals surface area (Å²) in [6.07, 6.45) is 5.05. The lowest BCUT2D eigenvalue weighted by Crippen LogP contribution is -2.41. The highest BCUT2D eigenvalue weighted by molar-refractivity contribution is 8.01. The van der Waals surface area contributed by atoms with Crippen molar-refractivity contribution in [2.75, 3.05) is 0 Å². The van der Waals surface area contributed by atoms with Crippen molar-refractivity contribution in [2.24, 2.45) is 17.1 Å². The van der Waals surface area contributed by atoms with Crippen LogP contribution >= 0.6 is 23.1 Å². The van der Waals surface area contributed by atoms with Crippen LogP contribution in [0.25, 0.3) is 0 Å². The molecule has 0 spiro atoms. The summed E-state index contributed by atoms with van der Waals surface area (Å²) in [5.74, 6) is 0.833. The van der Waals surface area contributed by atoms with E-state index in [9.17, 15) is 0 Å². The normalized spacial score (nSPS) is 29.4. The minimum atomic E-state index is 0.376. The minimum Gasteiger partial charge on any atom is -0.327 e. The second-order valence-corrected chi connectivity index (χ2v) is 8.59. The summed E-state index contributed by atoms with van der Waals surface area (Å²) in [6, 6.07) is 4.73. The number of thioether (sulfide) groups is 1. The molecule has 3 atom stereocenters. The van der Waals surface area contributed by atoms with Gasteiger partial charge >= 0.3 is 0 Å². The van der Waals surface area contributed by atoms with E-state index < -0.39 is 0 Å². The van der Waals surface area contributed by atoms with Crippen molar-refractivity contribution < 1.29 is 0 Å². The molecular formula is C15H25NS2. The molecular weight excluding hydrogens is 258 g/mol. The van der Waals surface area contributed by atoms with Gasteiger partial charge in [-0.2, -0.15) is 0 Å². The van der Waals surface area contributed by atoms with Gasteiger partial charge in [0.15, 0.2) is 0 Å². The third-order valence-electron chi connectivity index (χ3n) is 4.62. The lowest BCUT2D eigenvalue weighted by atomic mass is 9.69. The van der Waals surface area contributed by atoms with Crippen LogP contribution in [0.15, 0.2) is 21.7 Å². The van der Waals surface area contributed by atoms with Crippen LogP contribution in [0.1, 0.15) is 46.5 Å². The fourth-order valence-corrected chi connectivity index (χ4v) is 5.07. The van der Waals surface area contributed by atoms with Crippen molar-refractivity contribution in [3.8, 4) is 0 Å². The quantitative estimate of drug-likeness (QED) is 0.861. The lowest BCUT2D eigenvalue weighted by Gasteiger charge is -2.41. The third-order valence-corrected chi connectivity index (χ3v) is 7.07. The van der Waals surface area contributed by atoms with Crippen LogP contribution in [0.5, 0.6) is 0 Å². The Hall–Kier alpha value is 0.01000. The van der Waals surface area contributed by atoms with Gasteiger partial charge in [0.2, 0.25) is 0 Å². The molecule has 102 valence electrons. The van der Waals surface area contributed by atoms with E-state index >= 15 is 0 Å². The monoisotopic (exact) mass is 283 g/mol. The maximum atomic E-state index is 6.33. The first-order chi connectivity index (χ1) is 8.53. The summed E-state index contributed by atoms with van der Waals surface area (Å²) >= 11 is 3.84. The molecule has 3 heteroatoms. The van der Waals surface area contributed by atoms with Crippen LogP contribution in [0.3, 0.4) is 0 Å². The molecule has 3 unspecified atom stereocenters. The fraction of sp³-hybridized carbons (Fsp3) is 0.733. The van der Waals surface area contributed by atoms with Crippen LogP contribution in [0.2, 0.25) is 0 Å². The highest BCUT2D eigenvalue weighted by Crippen LogP contribution is 2.45. The zero-order valence-corrected chi connectivity index (χ0v) is 13.3. The predicted octanol–water partition coefficient (Wildman–Crippen LogP) is 4.77. The van der Waals surface area contributed by atoms with Crippen molar-refractivity contribution in [1.82, 2.24) is 0 Å². The van der Waals surface area contributed by atoms with Crippen LogP contribution in [0.4, 0.5) is 0 Å². The smallest absolute Gasteiger partial charge is 0.0601 e. The Bertz CT molecular complexity index is 359. The summed E-state index contributed by atoms with van der Waals surface area (Å²) in [6.45, 7) is 7.15. The molecule has 18 heavy (non-hydrogen) atoms. The number of hydrogen-bond acceptors (Lipinski definition) is 3. The van der Waals surface area contributed by atoms with Crippen LogP contribution in [-0.4, -0.2) is 11.3 Å². The van der Waals surface area contributed by atoms with Gasteiger partial charge in [-0.25, -0.2) is 0 Å². The molecule has 0 radical (unpaired) electrons. The Morgan fingerprint density at radius 2 is 2.22 bits per heavy atom. The van der Waals surface area contributed by atoms with E-state index in [1.807, 2.05) is 23.1 Å². The van der Waals surface area contributed by atoms with E-state index in [-0.39, 0.29) is 0 Å². The molecule has 2 rings (SSSR count). The Labute approximate surface area is 120 Å². The Morgan fingerprint density at radius 1 is 1.44 bits per heavy atom. The number of rotatable bonds is 4. The third kappa shape index (κ3) is 3.31. The first kappa shape index (κ1) is 14.4. The van der Waals surface area contributed by atoms with Gasteiger partial charge in [0.1, 0.15) is 0 Å². The van der Waals surface area contributed by atoms with E-state index in [0.29, 0.717) is 16.7 Å². The zero-order chi connectivity index (χ0) is 13.2. The summed E-state index contributed by atoms with van der Waals surface area (Å²) in [5, 5.41) is 2.76. The van der Waals surface area contributed by atoms with Gasteiger partial charge in [0, 0.05) is 11.3 Å². The average Bonchev–Trinajstić information content (AvgIpc) is 2.84. The minimum absolute atomic E-state index is 0.376. The van der Waals surface area contributed by atoms with Crippen molar-refractivity contribution in [1.29, 1.82) is 0 Å². The van der Waals surface area contributed by atoms with E-state index in [0.717, 1.165) is 5.92 Å². The molecule has 0 saturated heterocycles. The van der Waals surface area contributed by atoms with Crippen LogP contribution in [0, 0.1) is 11.3 Å². The highest BCUT2D eigenvalue weighted by Gasteiger charge is 2.36. The first-order valence-corrected chi connectivity index (χ1v) is 8.74. The van der Waals surface area contributed by atoms with Crippen molar-refractivity contribution in [3.05, 3.63) is 17.5 Å².